The van der Waals surface area contributed by atoms with Crippen LogP contribution in [0.1, 0.15) is 16.8 Å². The first kappa shape index (κ1) is 16.1. The maximum atomic E-state index is 12.4. The van der Waals surface area contributed by atoms with E-state index < -0.39 is 16.0 Å². The van der Waals surface area contributed by atoms with Crippen LogP contribution in [0.5, 0.6) is 0 Å². The molecule has 21 heavy (non-hydrogen) atoms. The van der Waals surface area contributed by atoms with Crippen molar-refractivity contribution in [1.29, 1.82) is 0 Å². The number of rotatable bonds is 5. The van der Waals surface area contributed by atoms with Crippen LogP contribution in [0.3, 0.4) is 0 Å². The molecule has 0 saturated carbocycles. The second-order valence-corrected chi connectivity index (χ2v) is 7.71. The first-order valence-electron chi connectivity index (χ1n) is 6.49. The predicted octanol–water partition coefficient (Wildman–Crippen LogP) is 1.09. The van der Waals surface area contributed by atoms with Crippen LogP contribution in [0.25, 0.3) is 0 Å². The van der Waals surface area contributed by atoms with E-state index in [0.29, 0.717) is 18.2 Å². The number of methoxy groups -OCH3 is 1. The van der Waals surface area contributed by atoms with Gasteiger partial charge in [-0.25, -0.2) is 17.9 Å². The zero-order valence-corrected chi connectivity index (χ0v) is 13.3. The highest BCUT2D eigenvalue weighted by Gasteiger charge is 2.25. The molecule has 1 aromatic carbocycles. The van der Waals surface area contributed by atoms with Crippen molar-refractivity contribution < 1.29 is 17.9 Å². The average molecular weight is 330 g/mol. The Balaban J connectivity index is 2.24. The van der Waals surface area contributed by atoms with Crippen LogP contribution in [0, 0.1) is 5.92 Å². The van der Waals surface area contributed by atoms with E-state index in [9.17, 15) is 13.2 Å². The maximum Gasteiger partial charge on any atom is 0.339 e. The minimum atomic E-state index is -3.77. The number of carbonyl (C=O) groups excluding carboxylic acids is 1. The van der Waals surface area contributed by atoms with Crippen LogP contribution in [0.2, 0.25) is 0 Å². The van der Waals surface area contributed by atoms with E-state index in [4.69, 9.17) is 5.73 Å². The molecule has 1 atom stereocenters. The molecule has 0 radical (unpaired) electrons. The number of ether oxygens (including phenoxy) is 1. The van der Waals surface area contributed by atoms with Crippen molar-refractivity contribution in [2.24, 2.45) is 5.92 Å². The Morgan fingerprint density at radius 3 is 2.90 bits per heavy atom. The number of benzene rings is 1. The van der Waals surface area contributed by atoms with Crippen molar-refractivity contribution in [3.8, 4) is 0 Å². The third-order valence-corrected chi connectivity index (χ3v) is 6.00. The molecular formula is C13H18N2O4S2. The van der Waals surface area contributed by atoms with Gasteiger partial charge in [0, 0.05) is 12.2 Å². The molecule has 0 bridgehead atoms. The summed E-state index contributed by atoms with van der Waals surface area (Å²) in [6, 6.07) is 4.09. The molecule has 1 fully saturated rings. The second-order valence-electron chi connectivity index (χ2n) is 4.83. The molecule has 3 N–H and O–H groups in total. The number of thioether (sulfide) groups is 1. The lowest BCUT2D eigenvalue weighted by molar-refractivity contribution is 0.0596. The summed E-state index contributed by atoms with van der Waals surface area (Å²) in [6.45, 7) is 0.375. The number of sulfonamides is 1. The molecule has 1 saturated heterocycles. The van der Waals surface area contributed by atoms with Crippen molar-refractivity contribution in [3.63, 3.8) is 0 Å². The number of carbonyl (C=O) groups is 1. The fourth-order valence-corrected chi connectivity index (χ4v) is 4.68. The Hall–Kier alpha value is -1.25. The van der Waals surface area contributed by atoms with E-state index >= 15 is 0 Å². The van der Waals surface area contributed by atoms with Gasteiger partial charge >= 0.3 is 5.97 Å². The molecule has 8 heteroatoms. The average Bonchev–Trinajstić information content (AvgIpc) is 2.97. The quantitative estimate of drug-likeness (QED) is 0.619. The number of hydrogen-bond acceptors (Lipinski definition) is 6. The van der Waals surface area contributed by atoms with Crippen molar-refractivity contribution in [2.45, 2.75) is 11.3 Å². The molecule has 6 nitrogen and oxygen atoms in total. The maximum absolute atomic E-state index is 12.4. The molecular weight excluding hydrogens is 312 g/mol. The van der Waals surface area contributed by atoms with Crippen LogP contribution < -0.4 is 10.5 Å². The highest BCUT2D eigenvalue weighted by molar-refractivity contribution is 7.99. The lowest BCUT2D eigenvalue weighted by Crippen LogP contribution is -2.30. The van der Waals surface area contributed by atoms with Crippen LogP contribution in [0.15, 0.2) is 23.1 Å². The second kappa shape index (κ2) is 6.67. The molecule has 0 amide bonds. The molecule has 1 heterocycles. The summed E-state index contributed by atoms with van der Waals surface area (Å²) < 4.78 is 31.9. The number of nitrogens with two attached hydrogens (primary N) is 1. The van der Waals surface area contributed by atoms with Gasteiger partial charge in [0.1, 0.15) is 0 Å². The van der Waals surface area contributed by atoms with Crippen molar-refractivity contribution in [3.05, 3.63) is 23.8 Å². The number of anilines is 1. The lowest BCUT2D eigenvalue weighted by atomic mass is 10.1. The van der Waals surface area contributed by atoms with E-state index in [1.165, 1.54) is 25.3 Å². The summed E-state index contributed by atoms with van der Waals surface area (Å²) in [6.07, 6.45) is 0.999. The van der Waals surface area contributed by atoms with Gasteiger partial charge in [0.25, 0.3) is 0 Å². The van der Waals surface area contributed by atoms with Crippen LogP contribution >= 0.6 is 11.8 Å². The van der Waals surface area contributed by atoms with Gasteiger partial charge < -0.3 is 10.5 Å². The minimum absolute atomic E-state index is 0.0502. The Kier molecular flexibility index (Phi) is 5.13. The SMILES string of the molecule is COC(=O)c1cc(N)ccc1S(=O)(=O)NCC1CCSC1. The third-order valence-electron chi connectivity index (χ3n) is 3.28. The summed E-state index contributed by atoms with van der Waals surface area (Å²) >= 11 is 1.82. The molecule has 116 valence electrons. The summed E-state index contributed by atoms with van der Waals surface area (Å²) in [5.74, 6) is 1.62. The van der Waals surface area contributed by atoms with Crippen LogP contribution in [-0.2, 0) is 14.8 Å². The van der Waals surface area contributed by atoms with Gasteiger partial charge in [-0.3, -0.25) is 0 Å². The molecule has 2 rings (SSSR count). The molecule has 0 aliphatic carbocycles. The number of nitrogens with one attached hydrogen (secondary N) is 1. The van der Waals surface area contributed by atoms with E-state index in [-0.39, 0.29) is 10.5 Å². The van der Waals surface area contributed by atoms with E-state index in [1.807, 2.05) is 11.8 Å². The van der Waals surface area contributed by atoms with Crippen molar-refractivity contribution >= 4 is 33.4 Å². The predicted molar refractivity (Wildman–Crippen MR) is 82.8 cm³/mol. The number of hydrogen-bond donors (Lipinski definition) is 2. The fourth-order valence-electron chi connectivity index (χ4n) is 2.10. The third kappa shape index (κ3) is 3.90. The molecule has 1 aromatic rings. The Morgan fingerprint density at radius 1 is 1.52 bits per heavy atom. The standard InChI is InChI=1S/C13H18N2O4S2/c1-19-13(16)11-6-10(14)2-3-12(11)21(17,18)15-7-9-4-5-20-8-9/h2-3,6,9,15H,4-5,7-8,14H2,1H3. The summed E-state index contributed by atoms with van der Waals surface area (Å²) in [7, 11) is -2.57. The molecule has 0 spiro atoms. The first-order valence-corrected chi connectivity index (χ1v) is 9.13. The molecule has 1 aliphatic heterocycles. The molecule has 1 unspecified atom stereocenters. The van der Waals surface area contributed by atoms with Crippen LogP contribution in [0.4, 0.5) is 5.69 Å². The lowest BCUT2D eigenvalue weighted by Gasteiger charge is -2.13. The van der Waals surface area contributed by atoms with Crippen molar-refractivity contribution in [2.75, 3.05) is 30.9 Å². The van der Waals surface area contributed by atoms with E-state index in [1.54, 1.807) is 0 Å². The Morgan fingerprint density at radius 2 is 2.29 bits per heavy atom. The summed E-state index contributed by atoms with van der Waals surface area (Å²) in [4.78, 5) is 11.6. The van der Waals surface area contributed by atoms with Gasteiger partial charge in [0.2, 0.25) is 10.0 Å². The zero-order chi connectivity index (χ0) is 15.5. The minimum Gasteiger partial charge on any atom is -0.465 e. The highest BCUT2D eigenvalue weighted by atomic mass is 32.2. The van der Waals surface area contributed by atoms with Gasteiger partial charge in [0.05, 0.1) is 17.6 Å². The first-order chi connectivity index (χ1) is 9.94. The molecule has 1 aliphatic rings. The van der Waals surface area contributed by atoms with Gasteiger partial charge in [-0.15, -0.1) is 0 Å². The number of nitrogen functional groups attached to an aromatic ring is 1. The van der Waals surface area contributed by atoms with Gasteiger partial charge in [0.15, 0.2) is 0 Å². The molecule has 0 aromatic heterocycles. The van der Waals surface area contributed by atoms with Crippen LogP contribution in [-0.4, -0.2) is 39.5 Å². The normalized spacial score (nSPS) is 18.6. The van der Waals surface area contributed by atoms with E-state index in [0.717, 1.165) is 17.9 Å². The number of esters is 1. The summed E-state index contributed by atoms with van der Waals surface area (Å²) in [5.41, 5.74) is 5.87. The summed E-state index contributed by atoms with van der Waals surface area (Å²) in [5, 5.41) is 0. The fraction of sp³-hybridized carbons (Fsp3) is 0.462. The van der Waals surface area contributed by atoms with E-state index in [2.05, 4.69) is 9.46 Å². The monoisotopic (exact) mass is 330 g/mol. The Labute approximate surface area is 128 Å². The largest absolute Gasteiger partial charge is 0.465 e. The van der Waals surface area contributed by atoms with Crippen molar-refractivity contribution in [1.82, 2.24) is 4.72 Å². The topological polar surface area (TPSA) is 98.5 Å². The highest BCUT2D eigenvalue weighted by Crippen LogP contribution is 2.24. The smallest absolute Gasteiger partial charge is 0.339 e. The van der Waals surface area contributed by atoms with Gasteiger partial charge in [-0.05, 0) is 42.0 Å². The van der Waals surface area contributed by atoms with Gasteiger partial charge in [-0.1, -0.05) is 0 Å². The zero-order valence-electron chi connectivity index (χ0n) is 11.7. The van der Waals surface area contributed by atoms with Gasteiger partial charge in [-0.2, -0.15) is 11.8 Å². The Bertz CT molecular complexity index is 625.